The van der Waals surface area contributed by atoms with Crippen molar-refractivity contribution in [2.45, 2.75) is 35.4 Å². The Balaban J connectivity index is 3.12. The second kappa shape index (κ2) is 6.50. The first-order chi connectivity index (χ1) is 8.53. The Hall–Kier alpha value is 0.490. The van der Waals surface area contributed by atoms with Gasteiger partial charge in [0.25, 0.3) is 0 Å². The van der Waals surface area contributed by atoms with Crippen molar-refractivity contribution in [1.82, 2.24) is 4.72 Å². The zero-order chi connectivity index (χ0) is 14.8. The molecule has 108 valence electrons. The second-order valence-corrected chi connectivity index (χ2v) is 9.77. The molecule has 1 aromatic rings. The lowest BCUT2D eigenvalue weighted by Gasteiger charge is -2.29. The highest BCUT2D eigenvalue weighted by Crippen LogP contribution is 2.42. The van der Waals surface area contributed by atoms with Crippen LogP contribution in [-0.4, -0.2) is 12.7 Å². The predicted octanol–water partition coefficient (Wildman–Crippen LogP) is 4.80. The average Bonchev–Trinajstić information content (AvgIpc) is 2.24. The van der Waals surface area contributed by atoms with E-state index in [1.165, 1.54) is 0 Å². The number of hydrogen-bond acceptors (Lipinski definition) is 1. The van der Waals surface area contributed by atoms with Gasteiger partial charge < -0.3 is 0 Å². The minimum atomic E-state index is -1.66. The van der Waals surface area contributed by atoms with E-state index in [-0.39, 0.29) is 0 Å². The fraction of sp³-hybridized carbons (Fsp3) is 0.500. The molecule has 0 bridgehead atoms. The smallest absolute Gasteiger partial charge is 0.210 e. The van der Waals surface area contributed by atoms with E-state index < -0.39 is 25.6 Å². The number of alkyl halides is 3. The van der Waals surface area contributed by atoms with Gasteiger partial charge in [-0.2, -0.15) is 0 Å². The second-order valence-electron chi connectivity index (χ2n) is 5.00. The molecule has 0 saturated carbocycles. The fourth-order valence-electron chi connectivity index (χ4n) is 1.30. The number of hydrogen-bond donors (Lipinski definition) is 1. The first-order valence-corrected chi connectivity index (χ1v) is 8.19. The predicted molar refractivity (Wildman–Crippen MR) is 85.5 cm³/mol. The summed E-state index contributed by atoms with van der Waals surface area (Å²) in [7, 11) is -1.38. The Morgan fingerprint density at radius 2 is 1.68 bits per heavy atom. The first-order valence-electron chi connectivity index (χ1n) is 5.52. The fourth-order valence-corrected chi connectivity index (χ4v) is 3.13. The summed E-state index contributed by atoms with van der Waals surface area (Å²) in [5, 5.41) is 0.456. The third-order valence-corrected chi connectivity index (χ3v) is 4.89. The van der Waals surface area contributed by atoms with Crippen LogP contribution in [0.3, 0.4) is 0 Å². The molecule has 0 saturated heterocycles. The van der Waals surface area contributed by atoms with Gasteiger partial charge in [-0.05, 0) is 32.4 Å². The highest BCUT2D eigenvalue weighted by Gasteiger charge is 2.38. The molecule has 19 heavy (non-hydrogen) atoms. The third-order valence-electron chi connectivity index (χ3n) is 2.32. The molecule has 7 heteroatoms. The van der Waals surface area contributed by atoms with Crippen LogP contribution in [0.4, 0.5) is 0 Å². The zero-order valence-electron chi connectivity index (χ0n) is 10.7. The van der Waals surface area contributed by atoms with Crippen LogP contribution >= 0.6 is 46.4 Å². The Morgan fingerprint density at radius 1 is 1.16 bits per heavy atom. The van der Waals surface area contributed by atoms with E-state index in [1.54, 1.807) is 24.3 Å². The van der Waals surface area contributed by atoms with Gasteiger partial charge in [-0.15, -0.1) is 0 Å². The lowest BCUT2D eigenvalue weighted by atomic mass is 10.1. The molecule has 0 aliphatic heterocycles. The van der Waals surface area contributed by atoms with Crippen LogP contribution in [0.1, 0.15) is 32.4 Å². The maximum Gasteiger partial charge on any atom is 0.210 e. The lowest BCUT2D eigenvalue weighted by Crippen LogP contribution is -2.40. The van der Waals surface area contributed by atoms with Crippen LogP contribution in [0, 0.1) is 0 Å². The molecule has 1 rings (SSSR count). The summed E-state index contributed by atoms with van der Waals surface area (Å²) in [4.78, 5) is 0. The first kappa shape index (κ1) is 17.5. The van der Waals surface area contributed by atoms with E-state index in [4.69, 9.17) is 46.4 Å². The summed E-state index contributed by atoms with van der Waals surface area (Å²) in [6.45, 7) is 5.49. The minimum Gasteiger partial charge on any atom is -0.242 e. The van der Waals surface area contributed by atoms with Crippen molar-refractivity contribution in [2.24, 2.45) is 0 Å². The molecule has 0 aliphatic rings. The van der Waals surface area contributed by atoms with E-state index in [2.05, 4.69) is 4.72 Å². The van der Waals surface area contributed by atoms with Crippen molar-refractivity contribution in [2.75, 3.05) is 0 Å². The molecule has 0 radical (unpaired) electrons. The largest absolute Gasteiger partial charge is 0.242 e. The Labute approximate surface area is 136 Å². The Kier molecular flexibility index (Phi) is 6.00. The molecule has 0 heterocycles. The summed E-state index contributed by atoms with van der Waals surface area (Å²) >= 11 is 24.0. The van der Waals surface area contributed by atoms with Crippen LogP contribution in [0.5, 0.6) is 0 Å². The third kappa shape index (κ3) is 5.07. The SMILES string of the molecule is CC(C)(C)S(=O)N[C@@H](c1ccccc1Cl)C(Cl)(Cl)Cl. The summed E-state index contributed by atoms with van der Waals surface area (Å²) in [6, 6.07) is 6.24. The van der Waals surface area contributed by atoms with Gasteiger partial charge in [0.05, 0.1) is 21.8 Å². The van der Waals surface area contributed by atoms with Crippen molar-refractivity contribution < 1.29 is 4.21 Å². The average molecular weight is 363 g/mol. The van der Waals surface area contributed by atoms with Crippen LogP contribution in [0.15, 0.2) is 24.3 Å². The molecule has 0 fully saturated rings. The summed E-state index contributed by atoms with van der Waals surface area (Å²) < 4.78 is 12.9. The molecular formula is C12H15Cl4NOS. The highest BCUT2D eigenvalue weighted by molar-refractivity contribution is 7.84. The molecule has 2 nitrogen and oxygen atoms in total. The highest BCUT2D eigenvalue weighted by atomic mass is 35.6. The van der Waals surface area contributed by atoms with Crippen molar-refractivity contribution in [3.05, 3.63) is 34.9 Å². The van der Waals surface area contributed by atoms with Crippen LogP contribution in [0.2, 0.25) is 5.02 Å². The van der Waals surface area contributed by atoms with Gasteiger partial charge in [-0.3, -0.25) is 0 Å². The van der Waals surface area contributed by atoms with Gasteiger partial charge >= 0.3 is 0 Å². The summed E-state index contributed by atoms with van der Waals surface area (Å²) in [6.07, 6.45) is 0. The Bertz CT molecular complexity index is 468. The maximum absolute atomic E-state index is 12.2. The van der Waals surface area contributed by atoms with Crippen LogP contribution < -0.4 is 4.72 Å². The van der Waals surface area contributed by atoms with Crippen molar-refractivity contribution in [1.29, 1.82) is 0 Å². The summed E-state index contributed by atoms with van der Waals surface area (Å²) in [5.41, 5.74) is 0.599. The number of halogens is 4. The molecule has 0 aromatic heterocycles. The molecular weight excluding hydrogens is 348 g/mol. The molecule has 2 atom stereocenters. The molecule has 1 unspecified atom stereocenters. The normalized spacial score (nSPS) is 16.2. The standard InChI is InChI=1S/C12H15Cl4NOS/c1-11(2,3)19(18)17-10(12(14,15)16)8-6-4-5-7-9(8)13/h4-7,10,17H,1-3H3/t10-,19?/m0/s1. The van der Waals surface area contributed by atoms with Crippen LogP contribution in [-0.2, 0) is 11.0 Å². The Morgan fingerprint density at radius 3 is 2.11 bits per heavy atom. The van der Waals surface area contributed by atoms with E-state index in [0.717, 1.165) is 0 Å². The van der Waals surface area contributed by atoms with Crippen molar-refractivity contribution >= 4 is 57.4 Å². The topological polar surface area (TPSA) is 29.1 Å². The van der Waals surface area contributed by atoms with E-state index in [0.29, 0.717) is 10.6 Å². The molecule has 1 N–H and O–H groups in total. The number of rotatable bonds is 3. The van der Waals surface area contributed by atoms with Crippen LogP contribution in [0.25, 0.3) is 0 Å². The van der Waals surface area contributed by atoms with Gasteiger partial charge in [0.2, 0.25) is 3.79 Å². The minimum absolute atomic E-state index is 0.456. The van der Waals surface area contributed by atoms with E-state index in [9.17, 15) is 4.21 Å². The quantitative estimate of drug-likeness (QED) is 0.768. The molecule has 0 spiro atoms. The van der Waals surface area contributed by atoms with Gasteiger partial charge in [-0.1, -0.05) is 64.6 Å². The van der Waals surface area contributed by atoms with Crippen molar-refractivity contribution in [3.8, 4) is 0 Å². The monoisotopic (exact) mass is 361 g/mol. The zero-order valence-corrected chi connectivity index (χ0v) is 14.6. The number of nitrogens with one attached hydrogen (secondary N) is 1. The lowest BCUT2D eigenvalue weighted by molar-refractivity contribution is 0.603. The van der Waals surface area contributed by atoms with E-state index >= 15 is 0 Å². The van der Waals surface area contributed by atoms with Crippen molar-refractivity contribution in [3.63, 3.8) is 0 Å². The van der Waals surface area contributed by atoms with E-state index in [1.807, 2.05) is 20.8 Å². The molecule has 1 aromatic carbocycles. The molecule has 0 aliphatic carbocycles. The maximum atomic E-state index is 12.2. The molecule has 0 amide bonds. The summed E-state index contributed by atoms with van der Waals surface area (Å²) in [5.74, 6) is 0. The van der Waals surface area contributed by atoms with Gasteiger partial charge in [0.1, 0.15) is 0 Å². The number of benzene rings is 1. The van der Waals surface area contributed by atoms with Gasteiger partial charge in [0.15, 0.2) is 0 Å². The van der Waals surface area contributed by atoms with Gasteiger partial charge in [0, 0.05) is 5.02 Å². The van der Waals surface area contributed by atoms with Gasteiger partial charge in [-0.25, -0.2) is 8.93 Å².